The molecule has 0 aliphatic heterocycles. The molecule has 2 aromatic heterocycles. The summed E-state index contributed by atoms with van der Waals surface area (Å²) in [4.78, 5) is 27.1. The maximum atomic E-state index is 11.6. The number of aliphatic hydroxyl groups excluding tert-OH is 1. The van der Waals surface area contributed by atoms with Gasteiger partial charge in [0.1, 0.15) is 23.7 Å². The van der Waals surface area contributed by atoms with E-state index in [9.17, 15) is 14.7 Å². The molecule has 130 valence electrons. The van der Waals surface area contributed by atoms with E-state index in [4.69, 9.17) is 4.74 Å². The quantitative estimate of drug-likeness (QED) is 0.554. The third-order valence-corrected chi connectivity index (χ3v) is 3.78. The number of ether oxygens (including phenoxy) is 1. The first-order chi connectivity index (χ1) is 12.6. The number of hydrogen-bond acceptors (Lipinski definition) is 9. The van der Waals surface area contributed by atoms with Gasteiger partial charge < -0.3 is 15.2 Å². The lowest BCUT2D eigenvalue weighted by molar-refractivity contribution is -0.152. The van der Waals surface area contributed by atoms with Crippen LogP contribution in [0.5, 0.6) is 11.6 Å². The molecule has 0 spiro atoms. The number of nitrogens with zero attached hydrogens (tertiary/aromatic N) is 4. The zero-order valence-corrected chi connectivity index (χ0v) is 13.2. The van der Waals surface area contributed by atoms with E-state index >= 15 is 0 Å². The third-order valence-electron chi connectivity index (χ3n) is 3.78. The fourth-order valence-electron chi connectivity index (χ4n) is 2.46. The smallest absolute Gasteiger partial charge is 0.231 e. The number of aromatic nitrogens is 5. The monoisotopic (exact) mass is 352 g/mol. The summed E-state index contributed by atoms with van der Waals surface area (Å²) in [5.74, 6) is -0.222. The predicted molar refractivity (Wildman–Crippen MR) is 87.4 cm³/mol. The standard InChI is InChI=1S/C16H12N6O4/c23-13-12(14(24)15(13)25)18-10-6-8(16-19-21-22-20-16)7-11(17-10)26-9-4-2-1-3-5-9/h1-7,12-13,23H,(H,17,18)(H,19,20,21,22). The SMILES string of the molecule is O=C1C(=O)C(Nc2cc(-c3nn[nH]n3)cc(Oc3ccccc3)n2)C1O. The number of carbonyl (C=O) groups is 2. The number of anilines is 1. The van der Waals surface area contributed by atoms with E-state index in [0.717, 1.165) is 0 Å². The van der Waals surface area contributed by atoms with Gasteiger partial charge in [0.25, 0.3) is 0 Å². The number of Topliss-reactive ketones (excluding diaryl/α,β-unsaturated/α-hetero) is 2. The number of pyridine rings is 1. The van der Waals surface area contributed by atoms with Crippen LogP contribution < -0.4 is 10.1 Å². The number of benzene rings is 1. The summed E-state index contributed by atoms with van der Waals surface area (Å²) in [7, 11) is 0. The van der Waals surface area contributed by atoms with E-state index in [0.29, 0.717) is 17.1 Å². The van der Waals surface area contributed by atoms with Crippen LogP contribution in [0.3, 0.4) is 0 Å². The number of carbonyl (C=O) groups excluding carboxylic acids is 2. The Hall–Kier alpha value is -3.66. The summed E-state index contributed by atoms with van der Waals surface area (Å²) < 4.78 is 5.71. The number of aromatic amines is 1. The van der Waals surface area contributed by atoms with Crippen molar-refractivity contribution in [2.45, 2.75) is 12.1 Å². The number of rotatable bonds is 5. The van der Waals surface area contributed by atoms with E-state index in [1.54, 1.807) is 24.3 Å². The molecule has 1 aliphatic rings. The minimum absolute atomic E-state index is 0.216. The van der Waals surface area contributed by atoms with E-state index in [1.807, 2.05) is 18.2 Å². The van der Waals surface area contributed by atoms with Gasteiger partial charge >= 0.3 is 0 Å². The molecule has 0 amide bonds. The first kappa shape index (κ1) is 15.8. The Morgan fingerprint density at radius 1 is 1.12 bits per heavy atom. The highest BCUT2D eigenvalue weighted by Gasteiger charge is 2.48. The Morgan fingerprint density at radius 3 is 2.62 bits per heavy atom. The van der Waals surface area contributed by atoms with Crippen LogP contribution in [-0.4, -0.2) is 54.4 Å². The molecule has 1 aliphatic carbocycles. The zero-order valence-electron chi connectivity index (χ0n) is 13.2. The number of ketones is 2. The summed E-state index contributed by atoms with van der Waals surface area (Å²) in [5, 5.41) is 26.0. The molecular weight excluding hydrogens is 340 g/mol. The Balaban J connectivity index is 1.66. The second-order valence-corrected chi connectivity index (χ2v) is 5.53. The van der Waals surface area contributed by atoms with Crippen molar-refractivity contribution >= 4 is 17.4 Å². The van der Waals surface area contributed by atoms with Crippen molar-refractivity contribution in [1.82, 2.24) is 25.6 Å². The molecule has 3 N–H and O–H groups in total. The highest BCUT2D eigenvalue weighted by Crippen LogP contribution is 2.28. The fourth-order valence-corrected chi connectivity index (χ4v) is 2.46. The fraction of sp³-hybridized carbons (Fsp3) is 0.125. The van der Waals surface area contributed by atoms with Gasteiger partial charge in [-0.15, -0.1) is 10.2 Å². The van der Waals surface area contributed by atoms with Crippen LogP contribution in [-0.2, 0) is 9.59 Å². The van der Waals surface area contributed by atoms with Crippen LogP contribution >= 0.6 is 0 Å². The molecule has 4 rings (SSSR count). The van der Waals surface area contributed by atoms with Crippen LogP contribution in [0.2, 0.25) is 0 Å². The average molecular weight is 352 g/mol. The predicted octanol–water partition coefficient (Wildman–Crippen LogP) is 0.347. The molecule has 2 unspecified atom stereocenters. The Kier molecular flexibility index (Phi) is 3.86. The first-order valence-electron chi connectivity index (χ1n) is 7.63. The van der Waals surface area contributed by atoms with E-state index in [-0.39, 0.29) is 11.7 Å². The number of para-hydroxylation sites is 1. The molecule has 2 heterocycles. The molecule has 10 nitrogen and oxygen atoms in total. The Morgan fingerprint density at radius 2 is 1.92 bits per heavy atom. The summed E-state index contributed by atoms with van der Waals surface area (Å²) in [6.07, 6.45) is -1.39. The Bertz CT molecular complexity index is 960. The minimum Gasteiger partial charge on any atom is -0.439 e. The molecule has 2 atom stereocenters. The van der Waals surface area contributed by atoms with Gasteiger partial charge in [0.15, 0.2) is 0 Å². The number of hydrogen-bond donors (Lipinski definition) is 3. The number of aliphatic hydroxyl groups is 1. The van der Waals surface area contributed by atoms with Gasteiger partial charge in [-0.2, -0.15) is 10.2 Å². The van der Waals surface area contributed by atoms with Gasteiger partial charge in [-0.3, -0.25) is 9.59 Å². The average Bonchev–Trinajstić information content (AvgIpc) is 3.21. The van der Waals surface area contributed by atoms with Crippen molar-refractivity contribution in [1.29, 1.82) is 0 Å². The number of H-pyrrole nitrogens is 1. The molecule has 10 heteroatoms. The molecule has 26 heavy (non-hydrogen) atoms. The number of tetrazole rings is 1. The van der Waals surface area contributed by atoms with Crippen LogP contribution in [0.25, 0.3) is 11.4 Å². The zero-order chi connectivity index (χ0) is 18.1. The van der Waals surface area contributed by atoms with Crippen LogP contribution in [0, 0.1) is 0 Å². The molecule has 3 aromatic rings. The lowest BCUT2D eigenvalue weighted by Crippen LogP contribution is -2.61. The molecule has 0 bridgehead atoms. The molecule has 1 fully saturated rings. The topological polar surface area (TPSA) is 143 Å². The summed E-state index contributed by atoms with van der Waals surface area (Å²) >= 11 is 0. The van der Waals surface area contributed by atoms with Gasteiger partial charge in [0.05, 0.1) is 0 Å². The van der Waals surface area contributed by atoms with Crippen molar-refractivity contribution in [3.63, 3.8) is 0 Å². The van der Waals surface area contributed by atoms with Gasteiger partial charge in [-0.25, -0.2) is 0 Å². The van der Waals surface area contributed by atoms with Gasteiger partial charge in [-0.1, -0.05) is 18.2 Å². The van der Waals surface area contributed by atoms with E-state index in [2.05, 4.69) is 30.9 Å². The van der Waals surface area contributed by atoms with Crippen LogP contribution in [0.15, 0.2) is 42.5 Å². The summed E-state index contributed by atoms with van der Waals surface area (Å²) in [5.41, 5.74) is 0.523. The third kappa shape index (κ3) is 2.89. The lowest BCUT2D eigenvalue weighted by Gasteiger charge is -2.29. The van der Waals surface area contributed by atoms with E-state index < -0.39 is 23.7 Å². The van der Waals surface area contributed by atoms with Crippen LogP contribution in [0.1, 0.15) is 0 Å². The first-order valence-corrected chi connectivity index (χ1v) is 7.63. The molecule has 1 aromatic carbocycles. The summed E-state index contributed by atoms with van der Waals surface area (Å²) in [6, 6.07) is 11.1. The maximum absolute atomic E-state index is 11.6. The van der Waals surface area contributed by atoms with Gasteiger partial charge in [0, 0.05) is 11.6 Å². The largest absolute Gasteiger partial charge is 0.439 e. The highest BCUT2D eigenvalue weighted by atomic mass is 16.5. The van der Waals surface area contributed by atoms with Crippen molar-refractivity contribution in [3.8, 4) is 23.0 Å². The molecule has 0 radical (unpaired) electrons. The normalized spacial score (nSPS) is 19.1. The molecular formula is C16H12N6O4. The maximum Gasteiger partial charge on any atom is 0.231 e. The lowest BCUT2D eigenvalue weighted by atomic mass is 9.86. The minimum atomic E-state index is -1.39. The second kappa shape index (κ2) is 6.33. The van der Waals surface area contributed by atoms with Crippen LogP contribution in [0.4, 0.5) is 5.82 Å². The summed E-state index contributed by atoms with van der Waals surface area (Å²) in [6.45, 7) is 0. The van der Waals surface area contributed by atoms with Crippen molar-refractivity contribution in [2.24, 2.45) is 0 Å². The second-order valence-electron chi connectivity index (χ2n) is 5.53. The van der Waals surface area contributed by atoms with Crippen molar-refractivity contribution in [3.05, 3.63) is 42.5 Å². The number of nitrogens with one attached hydrogen (secondary N) is 2. The van der Waals surface area contributed by atoms with Gasteiger partial charge in [0.2, 0.25) is 23.3 Å². The molecule has 1 saturated carbocycles. The van der Waals surface area contributed by atoms with Crippen molar-refractivity contribution < 1.29 is 19.4 Å². The highest BCUT2D eigenvalue weighted by molar-refractivity contribution is 6.49. The van der Waals surface area contributed by atoms with Gasteiger partial charge in [-0.05, 0) is 23.4 Å². The van der Waals surface area contributed by atoms with Crippen molar-refractivity contribution in [2.75, 3.05) is 5.32 Å². The van der Waals surface area contributed by atoms with E-state index in [1.165, 1.54) is 0 Å². The Labute approximate surface area is 146 Å². The molecule has 0 saturated heterocycles.